The first-order chi connectivity index (χ1) is 30.2. The van der Waals surface area contributed by atoms with Crippen LogP contribution in [0, 0.1) is 5.41 Å². The number of nitrogens with zero attached hydrogens (tertiary/aromatic N) is 1. The molecule has 0 radical (unpaired) electrons. The lowest BCUT2D eigenvalue weighted by Crippen LogP contribution is -2.22. The Labute approximate surface area is 364 Å². The van der Waals surface area contributed by atoms with Crippen molar-refractivity contribution in [3.05, 3.63) is 244 Å². The van der Waals surface area contributed by atoms with Gasteiger partial charge in [0.2, 0.25) is 0 Å². The summed E-state index contributed by atoms with van der Waals surface area (Å²) in [5, 5.41) is 13.8. The van der Waals surface area contributed by atoms with Crippen molar-refractivity contribution in [2.24, 2.45) is 0 Å². The molecular weight excluding hydrogens is 751 g/mol. The number of hydrogen-bond acceptors (Lipinski definition) is 3. The fourth-order valence-electron chi connectivity index (χ4n) is 10.4. The Hall–Kier alpha value is -7.49. The molecule has 0 amide bonds. The molecule has 1 heterocycles. The molecule has 0 saturated carbocycles. The molecule has 3 heteroatoms. The quantitative estimate of drug-likeness (QED) is 0.158. The van der Waals surface area contributed by atoms with Crippen molar-refractivity contribution in [1.29, 1.82) is 5.41 Å². The molecule has 0 saturated heterocycles. The van der Waals surface area contributed by atoms with Gasteiger partial charge in [0, 0.05) is 50.0 Å². The van der Waals surface area contributed by atoms with Gasteiger partial charge in [-0.2, -0.15) is 0 Å². The third kappa shape index (κ3) is 5.76. The predicted octanol–water partition coefficient (Wildman–Crippen LogP) is 14.8. The van der Waals surface area contributed by atoms with Crippen LogP contribution < -0.4 is 10.2 Å². The second-order valence-corrected chi connectivity index (χ2v) is 17.8. The molecule has 2 aliphatic carbocycles. The third-order valence-electron chi connectivity index (χ3n) is 13.5. The Balaban J connectivity index is 1.23. The van der Waals surface area contributed by atoms with E-state index in [0.29, 0.717) is 5.71 Å². The molecule has 0 spiro atoms. The lowest BCUT2D eigenvalue weighted by atomic mass is 9.82. The molecule has 0 unspecified atom stereocenters. The molecule has 0 bridgehead atoms. The minimum absolute atomic E-state index is 0.173. The van der Waals surface area contributed by atoms with Crippen LogP contribution >= 0.6 is 0 Å². The molecule has 3 aliphatic rings. The Morgan fingerprint density at radius 2 is 1.00 bits per heavy atom. The van der Waals surface area contributed by atoms with E-state index in [9.17, 15) is 5.41 Å². The smallest absolute Gasteiger partial charge is 0.0711 e. The Morgan fingerprint density at radius 3 is 1.73 bits per heavy atom. The van der Waals surface area contributed by atoms with E-state index in [1.165, 1.54) is 44.5 Å². The Bertz CT molecular complexity index is 3150. The van der Waals surface area contributed by atoms with Crippen molar-refractivity contribution in [3.8, 4) is 22.3 Å². The van der Waals surface area contributed by atoms with Crippen LogP contribution in [0.2, 0.25) is 0 Å². The normalized spacial score (nSPS) is 15.5. The van der Waals surface area contributed by atoms with Gasteiger partial charge < -0.3 is 10.2 Å². The van der Waals surface area contributed by atoms with Gasteiger partial charge in [0.25, 0.3) is 0 Å². The number of hydrogen-bond donors (Lipinski definition) is 2. The zero-order chi connectivity index (χ0) is 42.2. The zero-order valence-corrected chi connectivity index (χ0v) is 35.5. The Kier molecular flexibility index (Phi) is 8.66. The number of anilines is 3. The van der Waals surface area contributed by atoms with E-state index in [4.69, 9.17) is 0 Å². The molecule has 62 heavy (non-hydrogen) atoms. The highest BCUT2D eigenvalue weighted by atomic mass is 15.2. The summed E-state index contributed by atoms with van der Waals surface area (Å²) in [6.45, 7) is 9.44. The summed E-state index contributed by atoms with van der Waals surface area (Å²) in [6.07, 6.45) is 2.32. The molecule has 0 aromatic heterocycles. The topological polar surface area (TPSA) is 39.1 Å². The summed E-state index contributed by atoms with van der Waals surface area (Å²) >= 11 is 0. The molecular formula is C59H47N3. The number of rotatable bonds is 7. The van der Waals surface area contributed by atoms with Gasteiger partial charge in [-0.15, -0.1) is 0 Å². The van der Waals surface area contributed by atoms with Crippen LogP contribution in [-0.4, -0.2) is 5.71 Å². The average Bonchev–Trinajstić information content (AvgIpc) is 3.69. The SMILES string of the molecule is CC1(C)c2ccccc2-c2ccc(N(c3cccc4c3C=C(c3ccccc3)N/C4=C(\C(=N)c3ccccc3)c3ccccc3)c3cccc4c3-c3ccccc3C4(C)C)cc21. The molecule has 0 fully saturated rings. The monoisotopic (exact) mass is 797 g/mol. The lowest BCUT2D eigenvalue weighted by Gasteiger charge is -2.34. The van der Waals surface area contributed by atoms with E-state index in [0.717, 1.165) is 61.8 Å². The van der Waals surface area contributed by atoms with Crippen molar-refractivity contribution >= 4 is 45.8 Å². The summed E-state index contributed by atoms with van der Waals surface area (Å²) in [7, 11) is 0. The first-order valence-electron chi connectivity index (χ1n) is 21.6. The standard InChI is InChI=1S/C59H47N3/c1-58(2)48-30-17-15-27-45(48)55-49(58)31-19-33-53(55)62(41-34-35-43-42-26-14-16-29-47(42)59(3,4)50(43)36-41)52-32-18-28-44-46(52)37-51(38-20-8-5-9-21-38)61-57(44)54(39-22-10-6-11-23-39)56(60)40-24-12-7-13-25-40/h5-37,60-61H,1-4H3/b57-54-,60-56?. The molecule has 2 N–H and O–H groups in total. The minimum Gasteiger partial charge on any atom is -0.354 e. The van der Waals surface area contributed by atoms with Crippen LogP contribution in [0.5, 0.6) is 0 Å². The molecule has 298 valence electrons. The van der Waals surface area contributed by atoms with Gasteiger partial charge in [-0.1, -0.05) is 198 Å². The van der Waals surface area contributed by atoms with Crippen LogP contribution in [0.15, 0.2) is 194 Å². The highest BCUT2D eigenvalue weighted by Crippen LogP contribution is 2.56. The van der Waals surface area contributed by atoms with Gasteiger partial charge in [-0.25, -0.2) is 0 Å². The first-order valence-corrected chi connectivity index (χ1v) is 21.6. The van der Waals surface area contributed by atoms with Crippen molar-refractivity contribution in [3.63, 3.8) is 0 Å². The van der Waals surface area contributed by atoms with E-state index in [1.807, 2.05) is 36.4 Å². The molecule has 3 nitrogen and oxygen atoms in total. The van der Waals surface area contributed by atoms with Crippen molar-refractivity contribution in [2.75, 3.05) is 4.90 Å². The predicted molar refractivity (Wildman–Crippen MR) is 260 cm³/mol. The molecule has 11 rings (SSSR count). The minimum atomic E-state index is -0.181. The highest BCUT2D eigenvalue weighted by molar-refractivity contribution is 6.36. The average molecular weight is 798 g/mol. The number of nitrogens with one attached hydrogen (secondary N) is 2. The summed E-state index contributed by atoms with van der Waals surface area (Å²) in [5.74, 6) is 0. The van der Waals surface area contributed by atoms with Crippen LogP contribution in [0.25, 0.3) is 45.3 Å². The van der Waals surface area contributed by atoms with Crippen molar-refractivity contribution < 1.29 is 0 Å². The third-order valence-corrected chi connectivity index (χ3v) is 13.5. The van der Waals surface area contributed by atoms with Crippen LogP contribution in [-0.2, 0) is 10.8 Å². The molecule has 8 aromatic carbocycles. The van der Waals surface area contributed by atoms with E-state index < -0.39 is 0 Å². The van der Waals surface area contributed by atoms with Gasteiger partial charge in [-0.05, 0) is 80.4 Å². The molecule has 8 aromatic rings. The summed E-state index contributed by atoms with van der Waals surface area (Å²) in [5.41, 5.74) is 21.7. The van der Waals surface area contributed by atoms with Gasteiger partial charge in [0.15, 0.2) is 0 Å². The van der Waals surface area contributed by atoms with Gasteiger partial charge >= 0.3 is 0 Å². The largest absolute Gasteiger partial charge is 0.354 e. The van der Waals surface area contributed by atoms with Crippen molar-refractivity contribution in [2.45, 2.75) is 38.5 Å². The summed E-state index contributed by atoms with van der Waals surface area (Å²) < 4.78 is 0. The first kappa shape index (κ1) is 37.5. The van der Waals surface area contributed by atoms with E-state index in [2.05, 4.69) is 202 Å². The second kappa shape index (κ2) is 14.3. The van der Waals surface area contributed by atoms with Gasteiger partial charge in [-0.3, -0.25) is 5.41 Å². The van der Waals surface area contributed by atoms with E-state index in [-0.39, 0.29) is 10.8 Å². The van der Waals surface area contributed by atoms with Crippen LogP contribution in [0.1, 0.15) is 77.8 Å². The van der Waals surface area contributed by atoms with Crippen LogP contribution in [0.4, 0.5) is 17.1 Å². The molecule has 0 atom stereocenters. The summed E-state index contributed by atoms with van der Waals surface area (Å²) in [6, 6.07) is 69.6. The highest BCUT2D eigenvalue weighted by Gasteiger charge is 2.40. The fourth-order valence-corrected chi connectivity index (χ4v) is 10.4. The summed E-state index contributed by atoms with van der Waals surface area (Å²) in [4.78, 5) is 2.52. The zero-order valence-electron chi connectivity index (χ0n) is 35.5. The van der Waals surface area contributed by atoms with Crippen molar-refractivity contribution in [1.82, 2.24) is 5.32 Å². The maximum absolute atomic E-state index is 9.91. The number of fused-ring (bicyclic) bond motifs is 7. The lowest BCUT2D eigenvalue weighted by molar-refractivity contribution is 0.660. The molecule has 1 aliphatic heterocycles. The maximum Gasteiger partial charge on any atom is 0.0711 e. The number of allylic oxidation sites excluding steroid dienone is 1. The fraction of sp³-hybridized carbons (Fsp3) is 0.102. The van der Waals surface area contributed by atoms with E-state index >= 15 is 0 Å². The Morgan fingerprint density at radius 1 is 0.468 bits per heavy atom. The van der Waals surface area contributed by atoms with Crippen LogP contribution in [0.3, 0.4) is 0 Å². The van der Waals surface area contributed by atoms with Gasteiger partial charge in [0.1, 0.15) is 0 Å². The maximum atomic E-state index is 9.91. The second-order valence-electron chi connectivity index (χ2n) is 17.8. The van der Waals surface area contributed by atoms with Gasteiger partial charge in [0.05, 0.1) is 22.8 Å². The number of benzene rings is 8. The van der Waals surface area contributed by atoms with E-state index in [1.54, 1.807) is 0 Å².